The van der Waals surface area contributed by atoms with E-state index in [4.69, 9.17) is 28.1 Å². The second-order valence-electron chi connectivity index (χ2n) is 10.3. The molecule has 8 N–H and O–H groups in total. The average Bonchev–Trinajstić information content (AvgIpc) is 2.97. The quantitative estimate of drug-likeness (QED) is 0.159. The highest BCUT2D eigenvalue weighted by Crippen LogP contribution is 2.36. The van der Waals surface area contributed by atoms with Crippen LogP contribution in [0.25, 0.3) is 22.3 Å². The third kappa shape index (κ3) is 5.86. The molecule has 2 aliphatic rings. The molecule has 0 radical (unpaired) electrons. The van der Waals surface area contributed by atoms with Crippen LogP contribution in [0.4, 0.5) is 0 Å². The topological polar surface area (TPSA) is 238 Å². The van der Waals surface area contributed by atoms with Gasteiger partial charge in [-0.05, 0) is 25.1 Å². The van der Waals surface area contributed by atoms with Crippen LogP contribution >= 0.6 is 0 Å². The van der Waals surface area contributed by atoms with Gasteiger partial charge in [-0.3, -0.25) is 4.79 Å². The van der Waals surface area contributed by atoms with E-state index in [-0.39, 0.29) is 34.0 Å². The van der Waals surface area contributed by atoms with Gasteiger partial charge < -0.3 is 69.0 Å². The fourth-order valence-electron chi connectivity index (χ4n) is 5.01. The summed E-state index contributed by atoms with van der Waals surface area (Å²) in [5, 5.41) is 82.2. The number of aliphatic hydroxyl groups is 6. The van der Waals surface area contributed by atoms with E-state index in [2.05, 4.69) is 0 Å². The highest BCUT2D eigenvalue weighted by Gasteiger charge is 2.50. The normalized spacial score (nSPS) is 32.9. The first-order valence-electron chi connectivity index (χ1n) is 13.3. The van der Waals surface area contributed by atoms with Gasteiger partial charge in [-0.25, -0.2) is 0 Å². The van der Waals surface area contributed by atoms with Gasteiger partial charge in [-0.2, -0.15) is 0 Å². The Balaban J connectivity index is 1.48. The first-order valence-corrected chi connectivity index (χ1v) is 13.3. The molecule has 0 spiro atoms. The fraction of sp³-hybridized carbons (Fsp3) is 0.464. The molecule has 1 aromatic heterocycles. The maximum Gasteiger partial charge on any atom is 0.229 e. The van der Waals surface area contributed by atoms with E-state index in [9.17, 15) is 45.6 Å². The van der Waals surface area contributed by atoms with Gasteiger partial charge in [-0.15, -0.1) is 0 Å². The zero-order valence-corrected chi connectivity index (χ0v) is 22.9. The lowest BCUT2D eigenvalue weighted by molar-refractivity contribution is -0.354. The first-order chi connectivity index (χ1) is 20.4. The Labute approximate surface area is 243 Å². The summed E-state index contributed by atoms with van der Waals surface area (Å²) in [5.41, 5.74) is -0.414. The lowest BCUT2D eigenvalue weighted by Gasteiger charge is -2.45. The van der Waals surface area contributed by atoms with Crippen molar-refractivity contribution < 1.29 is 69.0 Å². The Morgan fingerprint density at radius 1 is 0.837 bits per heavy atom. The van der Waals surface area contributed by atoms with Crippen LogP contribution in [0.5, 0.6) is 23.0 Å². The Hall–Kier alpha value is -3.51. The van der Waals surface area contributed by atoms with Crippen LogP contribution in [0.3, 0.4) is 0 Å². The minimum Gasteiger partial charge on any atom is -0.507 e. The summed E-state index contributed by atoms with van der Waals surface area (Å²) in [7, 11) is 1.38. The summed E-state index contributed by atoms with van der Waals surface area (Å²) < 4.78 is 33.5. The van der Waals surface area contributed by atoms with Gasteiger partial charge >= 0.3 is 0 Å². The van der Waals surface area contributed by atoms with Gasteiger partial charge in [-0.1, -0.05) is 0 Å². The third-order valence-electron chi connectivity index (χ3n) is 7.42. The van der Waals surface area contributed by atoms with Crippen LogP contribution in [0, 0.1) is 0 Å². The maximum atomic E-state index is 12.9. The largest absolute Gasteiger partial charge is 0.507 e. The summed E-state index contributed by atoms with van der Waals surface area (Å²) in [6.45, 7) is 0.687. The van der Waals surface area contributed by atoms with Crippen LogP contribution in [-0.2, 0) is 14.2 Å². The number of aliphatic hydroxyl groups excluding tert-OH is 6. The van der Waals surface area contributed by atoms with Crippen molar-refractivity contribution in [1.82, 2.24) is 0 Å². The number of hydrogen-bond acceptors (Lipinski definition) is 15. The number of phenols is 2. The number of phenolic OH excluding ortho intramolecular Hbond substituents is 2. The lowest BCUT2D eigenvalue weighted by Crippen LogP contribution is -2.64. The summed E-state index contributed by atoms with van der Waals surface area (Å²) in [6.07, 6.45) is -15.4. The zero-order chi connectivity index (χ0) is 31.2. The molecule has 5 rings (SSSR count). The number of ether oxygens (including phenoxy) is 5. The maximum absolute atomic E-state index is 12.9. The van der Waals surface area contributed by atoms with Gasteiger partial charge in [0.05, 0.1) is 19.8 Å². The molecule has 10 unspecified atom stereocenters. The summed E-state index contributed by atoms with van der Waals surface area (Å²) in [6, 6.07) is 7.77. The van der Waals surface area contributed by atoms with Crippen LogP contribution in [0.1, 0.15) is 6.92 Å². The molecule has 3 heterocycles. The van der Waals surface area contributed by atoms with E-state index < -0.39 is 79.2 Å². The Kier molecular flexibility index (Phi) is 8.80. The van der Waals surface area contributed by atoms with Crippen molar-refractivity contribution in [3.8, 4) is 34.3 Å². The molecule has 2 aliphatic heterocycles. The summed E-state index contributed by atoms with van der Waals surface area (Å²) >= 11 is 0. The van der Waals surface area contributed by atoms with Gasteiger partial charge in [0.1, 0.15) is 64.9 Å². The molecule has 0 amide bonds. The number of aromatic hydroxyl groups is 2. The predicted molar refractivity (Wildman–Crippen MR) is 143 cm³/mol. The second kappa shape index (κ2) is 12.2. The standard InChI is InChI=1S/C28H32O15/c1-10-21(33)23(35)25(37)27(39-10)43-26-24(36)22(34)19(9-29)42-28(26)40-12-6-14(31)20-15(32)8-17(41-18(20)7-12)11-3-4-16(38-2)13(30)5-11/h3-8,10,19,21-31,33-37H,9H2,1-2H3. The van der Waals surface area contributed by atoms with Crippen molar-refractivity contribution in [2.75, 3.05) is 13.7 Å². The van der Waals surface area contributed by atoms with Crippen molar-refractivity contribution >= 4 is 11.0 Å². The van der Waals surface area contributed by atoms with Gasteiger partial charge in [0, 0.05) is 23.8 Å². The molecular weight excluding hydrogens is 576 g/mol. The molecule has 2 aromatic carbocycles. The van der Waals surface area contributed by atoms with Crippen LogP contribution in [0.15, 0.2) is 45.6 Å². The predicted octanol–water partition coefficient (Wildman–Crippen LogP) is -1.09. The molecule has 234 valence electrons. The third-order valence-corrected chi connectivity index (χ3v) is 7.42. The monoisotopic (exact) mass is 608 g/mol. The molecule has 43 heavy (non-hydrogen) atoms. The Bertz CT molecular complexity index is 1510. The van der Waals surface area contributed by atoms with Crippen LogP contribution in [-0.4, -0.2) is 116 Å². The number of rotatable bonds is 7. The molecule has 0 bridgehead atoms. The van der Waals surface area contributed by atoms with Crippen molar-refractivity contribution in [3.63, 3.8) is 0 Å². The highest BCUT2D eigenvalue weighted by molar-refractivity contribution is 5.86. The summed E-state index contributed by atoms with van der Waals surface area (Å²) in [4.78, 5) is 12.9. The molecule has 0 aliphatic carbocycles. The van der Waals surface area contributed by atoms with Crippen molar-refractivity contribution in [1.29, 1.82) is 0 Å². The Morgan fingerprint density at radius 2 is 1.58 bits per heavy atom. The van der Waals surface area contributed by atoms with Crippen molar-refractivity contribution in [2.24, 2.45) is 0 Å². The van der Waals surface area contributed by atoms with Crippen molar-refractivity contribution in [3.05, 3.63) is 46.6 Å². The van der Waals surface area contributed by atoms with E-state index in [1.54, 1.807) is 6.07 Å². The highest BCUT2D eigenvalue weighted by atomic mass is 16.8. The molecule has 15 nitrogen and oxygen atoms in total. The van der Waals surface area contributed by atoms with Crippen LogP contribution in [0.2, 0.25) is 0 Å². The molecule has 2 saturated heterocycles. The van der Waals surface area contributed by atoms with Crippen LogP contribution < -0.4 is 14.9 Å². The SMILES string of the molecule is COc1ccc(-c2cc(=O)c3c(O)cc(OC4OC(CO)C(O)C(O)C4OC4OC(C)C(O)C(O)C4O)cc3o2)cc1O. The molecule has 10 atom stereocenters. The smallest absolute Gasteiger partial charge is 0.229 e. The number of fused-ring (bicyclic) bond motifs is 1. The van der Waals surface area contributed by atoms with E-state index in [1.807, 2.05) is 0 Å². The molecular formula is C28H32O15. The first kappa shape index (κ1) is 30.9. The molecule has 2 fully saturated rings. The number of benzene rings is 2. The minimum atomic E-state index is -1.77. The van der Waals surface area contributed by atoms with Gasteiger partial charge in [0.15, 0.2) is 29.3 Å². The molecule has 0 saturated carbocycles. The van der Waals surface area contributed by atoms with Gasteiger partial charge in [0.2, 0.25) is 6.29 Å². The van der Waals surface area contributed by atoms with E-state index >= 15 is 0 Å². The lowest BCUT2D eigenvalue weighted by atomic mass is 9.97. The molecule has 3 aromatic rings. The second-order valence-corrected chi connectivity index (χ2v) is 10.3. The molecule has 15 heteroatoms. The van der Waals surface area contributed by atoms with Crippen molar-refractivity contribution in [2.45, 2.75) is 68.3 Å². The van der Waals surface area contributed by atoms with E-state index in [0.717, 1.165) is 12.1 Å². The fourth-order valence-corrected chi connectivity index (χ4v) is 5.01. The van der Waals surface area contributed by atoms with E-state index in [0.29, 0.717) is 5.56 Å². The van der Waals surface area contributed by atoms with Gasteiger partial charge in [0.25, 0.3) is 0 Å². The summed E-state index contributed by atoms with van der Waals surface area (Å²) in [5.74, 6) is -0.653. The Morgan fingerprint density at radius 3 is 2.26 bits per heavy atom. The minimum absolute atomic E-state index is 0.0410. The average molecular weight is 609 g/mol. The number of hydrogen-bond donors (Lipinski definition) is 8. The van der Waals surface area contributed by atoms with E-state index in [1.165, 1.54) is 32.2 Å². The zero-order valence-electron chi connectivity index (χ0n) is 22.9. The number of methoxy groups -OCH3 is 1.